The van der Waals surface area contributed by atoms with Crippen LogP contribution >= 0.6 is 23.4 Å². The molecule has 2 aliphatic heterocycles. The van der Waals surface area contributed by atoms with Crippen molar-refractivity contribution in [1.82, 2.24) is 10.2 Å². The van der Waals surface area contributed by atoms with Crippen LogP contribution in [0.25, 0.3) is 0 Å². The fraction of sp³-hybridized carbons (Fsp3) is 0.267. The van der Waals surface area contributed by atoms with Gasteiger partial charge in [0.15, 0.2) is 0 Å². The Balaban J connectivity index is 0.00000169. The van der Waals surface area contributed by atoms with Gasteiger partial charge in [0.25, 0.3) is 5.91 Å². The number of carbonyl (C=O) groups excluding carboxylic acids is 2. The summed E-state index contributed by atoms with van der Waals surface area (Å²) in [5.74, 6) is -1.98. The van der Waals surface area contributed by atoms with E-state index < -0.39 is 35.2 Å². The number of nitrogens with one attached hydrogen (secondary N) is 1. The molecule has 9 nitrogen and oxygen atoms in total. The average molecular weight is 404 g/mol. The summed E-state index contributed by atoms with van der Waals surface area (Å²) in [4.78, 5) is 36.9. The van der Waals surface area contributed by atoms with Crippen molar-refractivity contribution in [2.75, 3.05) is 5.75 Å². The molecular weight excluding hydrogens is 386 g/mol. The lowest BCUT2D eigenvalue weighted by molar-refractivity contribution is -0.150. The lowest BCUT2D eigenvalue weighted by atomic mass is 10.0. The summed E-state index contributed by atoms with van der Waals surface area (Å²) < 4.78 is 0. The molecule has 26 heavy (non-hydrogen) atoms. The molecule has 1 aromatic rings. The third kappa shape index (κ3) is 3.69. The van der Waals surface area contributed by atoms with Gasteiger partial charge in [-0.3, -0.25) is 14.5 Å². The molecule has 8 N–H and O–H groups in total. The molecule has 0 spiro atoms. The molecule has 0 bridgehead atoms. The van der Waals surface area contributed by atoms with E-state index in [0.29, 0.717) is 5.56 Å². The van der Waals surface area contributed by atoms with Gasteiger partial charge in [-0.1, -0.05) is 41.9 Å². The van der Waals surface area contributed by atoms with E-state index in [1.165, 1.54) is 11.8 Å². The molecule has 11 heteroatoms. The summed E-state index contributed by atoms with van der Waals surface area (Å²) in [6, 6.07) is 7.07. The highest BCUT2D eigenvalue weighted by Gasteiger charge is 2.54. The van der Waals surface area contributed by atoms with Gasteiger partial charge in [0, 0.05) is 5.75 Å². The summed E-state index contributed by atoms with van der Waals surface area (Å²) in [5.41, 5.74) is 6.32. The van der Waals surface area contributed by atoms with Gasteiger partial charge in [0.05, 0.1) is 5.03 Å². The van der Waals surface area contributed by atoms with Gasteiger partial charge in [-0.25, -0.2) is 4.79 Å². The number of aliphatic carboxylic acids is 1. The number of benzene rings is 1. The zero-order valence-electron chi connectivity index (χ0n) is 13.3. The molecule has 1 aromatic carbocycles. The number of β-lactam (4-membered cyclic amide) rings is 1. The van der Waals surface area contributed by atoms with Crippen LogP contribution in [0.5, 0.6) is 0 Å². The molecule has 142 valence electrons. The van der Waals surface area contributed by atoms with Gasteiger partial charge in [-0.15, -0.1) is 11.8 Å². The summed E-state index contributed by atoms with van der Waals surface area (Å²) in [5, 5.41) is 11.4. The Morgan fingerprint density at radius 3 is 2.50 bits per heavy atom. The maximum atomic E-state index is 12.3. The number of fused-ring (bicyclic) bond motifs is 1. The number of rotatable bonds is 4. The van der Waals surface area contributed by atoms with Gasteiger partial charge in [0.1, 0.15) is 23.2 Å². The molecule has 1 fully saturated rings. The first-order valence-corrected chi connectivity index (χ1v) is 8.52. The molecule has 2 amide bonds. The second-order valence-corrected chi connectivity index (χ2v) is 6.90. The van der Waals surface area contributed by atoms with Crippen LogP contribution in [0.3, 0.4) is 0 Å². The summed E-state index contributed by atoms with van der Waals surface area (Å²) in [6.07, 6.45) is 0. The topological polar surface area (TPSA) is 176 Å². The Morgan fingerprint density at radius 2 is 1.92 bits per heavy atom. The minimum absolute atomic E-state index is 0. The molecule has 0 unspecified atom stereocenters. The number of halogens is 1. The number of carboxylic acids is 1. The Morgan fingerprint density at radius 1 is 1.31 bits per heavy atom. The van der Waals surface area contributed by atoms with E-state index in [1.54, 1.807) is 24.3 Å². The van der Waals surface area contributed by atoms with Crippen molar-refractivity contribution in [1.29, 1.82) is 0 Å². The molecular formula is C15H18ClN3O6S. The molecule has 0 aromatic heterocycles. The standard InChI is InChI=1S/C15H14ClN3O4S.2H2O/c16-8-6-24-14-10(13(21)19(14)11(8)15(22)23)18-12(20)9(17)7-4-2-1-3-5-7;;/h1-5,9-10,14H,6,17H2,(H,18,20)(H,22,23);2*1H2/t9-,10-,14-;;/m1../s1. The number of hydrogen-bond acceptors (Lipinski definition) is 5. The Bertz CT molecular complexity index is 744. The Kier molecular flexibility index (Phi) is 7.18. The lowest BCUT2D eigenvalue weighted by Crippen LogP contribution is -2.70. The van der Waals surface area contributed by atoms with Crippen molar-refractivity contribution in [3.63, 3.8) is 0 Å². The van der Waals surface area contributed by atoms with Crippen molar-refractivity contribution in [3.05, 3.63) is 46.6 Å². The predicted molar refractivity (Wildman–Crippen MR) is 96.1 cm³/mol. The van der Waals surface area contributed by atoms with E-state index in [9.17, 15) is 19.5 Å². The number of carboxylic acid groups (broad SMARTS) is 1. The number of amides is 2. The fourth-order valence-electron chi connectivity index (χ4n) is 2.64. The van der Waals surface area contributed by atoms with Crippen LogP contribution < -0.4 is 11.1 Å². The second-order valence-electron chi connectivity index (χ2n) is 5.34. The van der Waals surface area contributed by atoms with Crippen molar-refractivity contribution in [2.24, 2.45) is 5.73 Å². The lowest BCUT2D eigenvalue weighted by Gasteiger charge is -2.48. The number of carbonyl (C=O) groups is 3. The summed E-state index contributed by atoms with van der Waals surface area (Å²) in [6.45, 7) is 0. The predicted octanol–water partition coefficient (Wildman–Crippen LogP) is -1.03. The highest BCUT2D eigenvalue weighted by molar-refractivity contribution is 8.00. The van der Waals surface area contributed by atoms with Gasteiger partial charge < -0.3 is 27.1 Å². The smallest absolute Gasteiger partial charge is 0.353 e. The van der Waals surface area contributed by atoms with Crippen LogP contribution in [0.2, 0.25) is 0 Å². The Labute approximate surface area is 157 Å². The number of thioether (sulfide) groups is 1. The maximum absolute atomic E-state index is 12.3. The van der Waals surface area contributed by atoms with E-state index in [4.69, 9.17) is 17.3 Å². The molecule has 3 atom stereocenters. The molecule has 2 heterocycles. The third-order valence-corrected chi connectivity index (χ3v) is 5.61. The van der Waals surface area contributed by atoms with Crippen LogP contribution in [-0.2, 0) is 14.4 Å². The first-order chi connectivity index (χ1) is 11.4. The number of nitrogens with zero attached hydrogens (tertiary/aromatic N) is 1. The first kappa shape index (κ1) is 21.9. The van der Waals surface area contributed by atoms with Crippen molar-refractivity contribution in [3.8, 4) is 0 Å². The van der Waals surface area contributed by atoms with E-state index >= 15 is 0 Å². The molecule has 0 saturated carbocycles. The monoisotopic (exact) mass is 403 g/mol. The second kappa shape index (κ2) is 8.52. The minimum Gasteiger partial charge on any atom is -0.477 e. The quantitative estimate of drug-likeness (QED) is 0.541. The normalized spacial score (nSPS) is 22.2. The zero-order chi connectivity index (χ0) is 17.4. The van der Waals surface area contributed by atoms with Gasteiger partial charge in [-0.2, -0.15) is 0 Å². The van der Waals surface area contributed by atoms with Crippen LogP contribution in [0.4, 0.5) is 0 Å². The van der Waals surface area contributed by atoms with Crippen molar-refractivity contribution < 1.29 is 30.4 Å². The Hall–Kier alpha value is -2.11. The van der Waals surface area contributed by atoms with Crippen LogP contribution in [-0.4, -0.2) is 55.9 Å². The van der Waals surface area contributed by atoms with E-state index in [1.807, 2.05) is 6.07 Å². The van der Waals surface area contributed by atoms with Crippen molar-refractivity contribution in [2.45, 2.75) is 17.5 Å². The largest absolute Gasteiger partial charge is 0.477 e. The SMILES string of the molecule is N[C@@H](C(=O)N[C@@H]1C(=O)N2C(C(=O)O)=C(Cl)CS[C@H]12)c1ccccc1.O.O. The maximum Gasteiger partial charge on any atom is 0.353 e. The molecule has 0 aliphatic carbocycles. The van der Waals surface area contributed by atoms with Crippen LogP contribution in [0.1, 0.15) is 11.6 Å². The minimum atomic E-state index is -1.26. The van der Waals surface area contributed by atoms with Gasteiger partial charge in [-0.05, 0) is 5.56 Å². The average Bonchev–Trinajstić information content (AvgIpc) is 2.59. The van der Waals surface area contributed by atoms with Gasteiger partial charge in [0.2, 0.25) is 5.91 Å². The van der Waals surface area contributed by atoms with Crippen molar-refractivity contribution >= 4 is 41.1 Å². The van der Waals surface area contributed by atoms with Gasteiger partial charge >= 0.3 is 5.97 Å². The molecule has 3 rings (SSSR count). The van der Waals surface area contributed by atoms with Crippen LogP contribution in [0, 0.1) is 0 Å². The molecule has 1 saturated heterocycles. The fourth-order valence-corrected chi connectivity index (χ4v) is 4.19. The zero-order valence-corrected chi connectivity index (χ0v) is 14.9. The van der Waals surface area contributed by atoms with E-state index in [0.717, 1.165) is 4.90 Å². The molecule has 2 aliphatic rings. The first-order valence-electron chi connectivity index (χ1n) is 7.09. The van der Waals surface area contributed by atoms with E-state index in [2.05, 4.69) is 5.32 Å². The van der Waals surface area contributed by atoms with E-state index in [-0.39, 0.29) is 27.4 Å². The highest BCUT2D eigenvalue weighted by atomic mass is 35.5. The van der Waals surface area contributed by atoms with Crippen LogP contribution in [0.15, 0.2) is 41.1 Å². The number of nitrogens with two attached hydrogens (primary N) is 1. The third-order valence-electron chi connectivity index (χ3n) is 3.86. The highest BCUT2D eigenvalue weighted by Crippen LogP contribution is 2.41. The summed E-state index contributed by atoms with van der Waals surface area (Å²) >= 11 is 7.20. The number of hydrogen-bond donors (Lipinski definition) is 3. The summed E-state index contributed by atoms with van der Waals surface area (Å²) in [7, 11) is 0. The molecule has 0 radical (unpaired) electrons.